The van der Waals surface area contributed by atoms with Crippen molar-refractivity contribution < 1.29 is 27.1 Å². The number of nitrogens with one attached hydrogen (secondary N) is 1. The molecule has 0 saturated carbocycles. The number of hydrogen-bond donors (Lipinski definition) is 1. The van der Waals surface area contributed by atoms with E-state index < -0.39 is 40.9 Å². The van der Waals surface area contributed by atoms with Crippen LogP contribution in [0.15, 0.2) is 47.4 Å². The minimum atomic E-state index is -4.00. The summed E-state index contributed by atoms with van der Waals surface area (Å²) in [6, 6.07) is 9.25. The minimum Gasteiger partial charge on any atom is -0.455 e. The van der Waals surface area contributed by atoms with E-state index in [2.05, 4.69) is 14.1 Å². The number of aromatic nitrogens is 2. The number of sulfonamides is 1. The van der Waals surface area contributed by atoms with E-state index in [0.29, 0.717) is 16.7 Å². The van der Waals surface area contributed by atoms with Crippen molar-refractivity contribution in [2.24, 2.45) is 0 Å². The first-order chi connectivity index (χ1) is 13.8. The summed E-state index contributed by atoms with van der Waals surface area (Å²) in [5, 5.41) is 2.56. The van der Waals surface area contributed by atoms with Crippen LogP contribution in [0.1, 0.15) is 0 Å². The van der Waals surface area contributed by atoms with Gasteiger partial charge in [0, 0.05) is 7.05 Å². The van der Waals surface area contributed by atoms with E-state index >= 15 is 0 Å². The lowest BCUT2D eigenvalue weighted by atomic mass is 10.2. The molecule has 0 spiro atoms. The number of fused-ring (bicyclic) bond motifs is 1. The highest BCUT2D eigenvalue weighted by molar-refractivity contribution is 7.89. The van der Waals surface area contributed by atoms with E-state index in [9.17, 15) is 22.4 Å². The number of rotatable bonds is 7. The third-order valence-corrected chi connectivity index (χ3v) is 6.16. The zero-order chi connectivity index (χ0) is 21.0. The maximum absolute atomic E-state index is 13.0. The van der Waals surface area contributed by atoms with Crippen molar-refractivity contribution in [2.75, 3.05) is 25.5 Å². The first-order valence-corrected chi connectivity index (χ1v) is 10.3. The maximum atomic E-state index is 13.0. The van der Waals surface area contributed by atoms with E-state index in [0.717, 1.165) is 40.3 Å². The molecule has 0 aliphatic carbocycles. The highest BCUT2D eigenvalue weighted by Gasteiger charge is 2.24. The Labute approximate surface area is 169 Å². The summed E-state index contributed by atoms with van der Waals surface area (Å²) >= 11 is 1.00. The van der Waals surface area contributed by atoms with Crippen molar-refractivity contribution in [3.05, 3.63) is 48.3 Å². The van der Waals surface area contributed by atoms with Gasteiger partial charge in [-0.3, -0.25) is 9.59 Å². The van der Waals surface area contributed by atoms with Crippen molar-refractivity contribution in [1.82, 2.24) is 13.1 Å². The highest BCUT2D eigenvalue weighted by atomic mass is 32.2. The molecule has 3 aromatic rings. The molecule has 152 valence electrons. The lowest BCUT2D eigenvalue weighted by Gasteiger charge is -2.16. The van der Waals surface area contributed by atoms with Gasteiger partial charge in [-0.1, -0.05) is 6.07 Å². The SMILES string of the molecule is CN(CC(=O)OCC(=O)Nc1cccc2nsnc12)S(=O)(=O)c1ccc(F)cc1. The molecule has 9 nitrogen and oxygen atoms in total. The number of likely N-dealkylation sites (N-methyl/N-ethyl adjacent to an activating group) is 1. The second kappa shape index (κ2) is 8.59. The number of esters is 1. The van der Waals surface area contributed by atoms with Gasteiger partial charge in [0.2, 0.25) is 10.0 Å². The van der Waals surface area contributed by atoms with Gasteiger partial charge in [0.25, 0.3) is 5.91 Å². The monoisotopic (exact) mass is 438 g/mol. The molecule has 0 unspecified atom stereocenters. The second-order valence-corrected chi connectivity index (χ2v) is 8.43. The third-order valence-electron chi connectivity index (χ3n) is 3.80. The fourth-order valence-electron chi connectivity index (χ4n) is 2.34. The second-order valence-electron chi connectivity index (χ2n) is 5.86. The van der Waals surface area contributed by atoms with Gasteiger partial charge < -0.3 is 10.1 Å². The van der Waals surface area contributed by atoms with Gasteiger partial charge in [0.05, 0.1) is 22.3 Å². The Morgan fingerprint density at radius 2 is 1.90 bits per heavy atom. The average molecular weight is 438 g/mol. The molecule has 1 N–H and O–H groups in total. The fraction of sp³-hybridized carbons (Fsp3) is 0.176. The van der Waals surface area contributed by atoms with Crippen LogP contribution in [-0.2, 0) is 24.3 Å². The molecule has 29 heavy (non-hydrogen) atoms. The summed E-state index contributed by atoms with van der Waals surface area (Å²) in [6.45, 7) is -1.21. The van der Waals surface area contributed by atoms with E-state index in [4.69, 9.17) is 4.74 Å². The summed E-state index contributed by atoms with van der Waals surface area (Å²) < 4.78 is 51.4. The molecule has 2 aromatic carbocycles. The quantitative estimate of drug-likeness (QED) is 0.557. The maximum Gasteiger partial charge on any atom is 0.321 e. The molecule has 0 aliphatic heterocycles. The predicted octanol–water partition coefficient (Wildman–Crippen LogP) is 1.63. The number of ether oxygens (including phenoxy) is 1. The van der Waals surface area contributed by atoms with Crippen LogP contribution in [0.4, 0.5) is 10.1 Å². The van der Waals surface area contributed by atoms with Crippen LogP contribution in [0.25, 0.3) is 11.0 Å². The van der Waals surface area contributed by atoms with Gasteiger partial charge in [-0.25, -0.2) is 12.8 Å². The molecule has 1 amide bonds. The number of carbonyl (C=O) groups excluding carboxylic acids is 2. The molecule has 12 heteroatoms. The largest absolute Gasteiger partial charge is 0.455 e. The van der Waals surface area contributed by atoms with Crippen molar-refractivity contribution in [3.8, 4) is 0 Å². The van der Waals surface area contributed by atoms with Gasteiger partial charge in [0.1, 0.15) is 23.4 Å². The molecule has 0 bridgehead atoms. The zero-order valence-electron chi connectivity index (χ0n) is 15.0. The number of benzene rings is 2. The van der Waals surface area contributed by atoms with Crippen LogP contribution < -0.4 is 5.32 Å². The van der Waals surface area contributed by atoms with Gasteiger partial charge in [0.15, 0.2) is 6.61 Å². The Balaban J connectivity index is 1.54. The van der Waals surface area contributed by atoms with Crippen LogP contribution in [0.3, 0.4) is 0 Å². The first-order valence-electron chi connectivity index (χ1n) is 8.16. The molecular formula is C17H15FN4O5S2. The highest BCUT2D eigenvalue weighted by Crippen LogP contribution is 2.21. The van der Waals surface area contributed by atoms with Gasteiger partial charge in [-0.05, 0) is 36.4 Å². The Morgan fingerprint density at radius 3 is 2.62 bits per heavy atom. The van der Waals surface area contributed by atoms with Crippen LogP contribution >= 0.6 is 11.7 Å². The minimum absolute atomic E-state index is 0.170. The summed E-state index contributed by atoms with van der Waals surface area (Å²) in [4.78, 5) is 23.8. The summed E-state index contributed by atoms with van der Waals surface area (Å²) in [5.41, 5.74) is 1.56. The molecule has 0 atom stereocenters. The fourth-order valence-corrected chi connectivity index (χ4v) is 4.00. The number of amides is 1. The Hall–Kier alpha value is -2.96. The van der Waals surface area contributed by atoms with E-state index in [1.807, 2.05) is 0 Å². The molecular weight excluding hydrogens is 423 g/mol. The number of nitrogens with zero attached hydrogens (tertiary/aromatic N) is 3. The standard InChI is InChI=1S/C17H15FN4O5S2/c1-22(29(25,26)12-7-5-11(18)6-8-12)9-16(24)27-10-15(23)19-13-3-2-4-14-17(13)21-28-20-14/h2-8H,9-10H2,1H3,(H,19,23). The molecule has 0 saturated heterocycles. The van der Waals surface area contributed by atoms with Crippen LogP contribution in [0.5, 0.6) is 0 Å². The lowest BCUT2D eigenvalue weighted by Crippen LogP contribution is -2.34. The first kappa shape index (κ1) is 20.8. The number of hydrogen-bond acceptors (Lipinski definition) is 8. The Bertz CT molecular complexity index is 1150. The summed E-state index contributed by atoms with van der Waals surface area (Å²) in [6.07, 6.45) is 0. The van der Waals surface area contributed by atoms with Crippen LogP contribution in [0, 0.1) is 5.82 Å². The molecule has 0 fully saturated rings. The smallest absolute Gasteiger partial charge is 0.321 e. The summed E-state index contributed by atoms with van der Waals surface area (Å²) in [5.74, 6) is -2.11. The van der Waals surface area contributed by atoms with Gasteiger partial charge in [-0.15, -0.1) is 0 Å². The van der Waals surface area contributed by atoms with Crippen LogP contribution in [0.2, 0.25) is 0 Å². The lowest BCUT2D eigenvalue weighted by molar-refractivity contribution is -0.147. The zero-order valence-corrected chi connectivity index (χ0v) is 16.7. The van der Waals surface area contributed by atoms with Gasteiger partial charge >= 0.3 is 5.97 Å². The van der Waals surface area contributed by atoms with Crippen molar-refractivity contribution >= 4 is 50.3 Å². The number of carbonyl (C=O) groups is 2. The van der Waals surface area contributed by atoms with E-state index in [-0.39, 0.29) is 4.90 Å². The normalized spacial score (nSPS) is 11.6. The van der Waals surface area contributed by atoms with Crippen LogP contribution in [-0.4, -0.2) is 53.5 Å². The number of halogens is 1. The summed E-state index contributed by atoms with van der Waals surface area (Å²) in [7, 11) is -2.83. The van der Waals surface area contributed by atoms with Crippen molar-refractivity contribution in [1.29, 1.82) is 0 Å². The molecule has 3 rings (SSSR count). The molecule has 1 heterocycles. The van der Waals surface area contributed by atoms with Crippen molar-refractivity contribution in [2.45, 2.75) is 4.90 Å². The average Bonchev–Trinajstić information content (AvgIpc) is 3.16. The number of anilines is 1. The third kappa shape index (κ3) is 4.91. The van der Waals surface area contributed by atoms with E-state index in [1.165, 1.54) is 7.05 Å². The predicted molar refractivity (Wildman–Crippen MR) is 103 cm³/mol. The molecule has 0 aliphatic rings. The topological polar surface area (TPSA) is 119 Å². The van der Waals surface area contributed by atoms with E-state index in [1.54, 1.807) is 18.2 Å². The Morgan fingerprint density at radius 1 is 1.17 bits per heavy atom. The Kier molecular flexibility index (Phi) is 6.15. The van der Waals surface area contributed by atoms with Gasteiger partial charge in [-0.2, -0.15) is 13.1 Å². The molecule has 1 aromatic heterocycles. The van der Waals surface area contributed by atoms with Crippen molar-refractivity contribution in [3.63, 3.8) is 0 Å². The molecule has 0 radical (unpaired) electrons.